The first-order valence-electron chi connectivity index (χ1n) is 5.83. The van der Waals surface area contributed by atoms with E-state index in [0.29, 0.717) is 5.02 Å². The van der Waals surface area contributed by atoms with Crippen LogP contribution in [0.1, 0.15) is 5.69 Å². The number of benzene rings is 1. The number of nitrogens with two attached hydrogens (primary N) is 1. The highest BCUT2D eigenvalue weighted by Gasteiger charge is 2.04. The van der Waals surface area contributed by atoms with Crippen LogP contribution in [-0.2, 0) is 5.75 Å². The van der Waals surface area contributed by atoms with Crippen LogP contribution >= 0.6 is 23.4 Å². The van der Waals surface area contributed by atoms with Gasteiger partial charge in [-0.1, -0.05) is 23.7 Å². The van der Waals surface area contributed by atoms with Crippen LogP contribution in [0.15, 0.2) is 53.7 Å². The molecule has 0 saturated heterocycles. The van der Waals surface area contributed by atoms with E-state index in [-0.39, 0.29) is 0 Å². The summed E-state index contributed by atoms with van der Waals surface area (Å²) in [6.07, 6.45) is 3.85. The molecule has 0 amide bonds. The zero-order valence-electron chi connectivity index (χ0n) is 10.1. The van der Waals surface area contributed by atoms with Crippen LogP contribution in [0.2, 0.25) is 5.02 Å². The van der Waals surface area contributed by atoms with Gasteiger partial charge in [-0.3, -0.25) is 0 Å². The molecule has 3 aromatic rings. The fourth-order valence-corrected chi connectivity index (χ4v) is 2.87. The second-order valence-electron chi connectivity index (χ2n) is 4.17. The SMILES string of the molecule is Nc1ccccc1SCc1cn2cc(Cl)ccc2n1. The number of nitrogens with zero attached hydrogens (tertiary/aromatic N) is 2. The Labute approximate surface area is 120 Å². The van der Waals surface area contributed by atoms with Gasteiger partial charge in [-0.25, -0.2) is 4.98 Å². The molecule has 0 saturated carbocycles. The summed E-state index contributed by atoms with van der Waals surface area (Å²) in [7, 11) is 0. The lowest BCUT2D eigenvalue weighted by Gasteiger charge is -2.02. The van der Waals surface area contributed by atoms with E-state index in [2.05, 4.69) is 4.98 Å². The summed E-state index contributed by atoms with van der Waals surface area (Å²) in [5.74, 6) is 0.785. The normalized spacial score (nSPS) is 11.0. The fourth-order valence-electron chi connectivity index (χ4n) is 1.85. The Hall–Kier alpha value is -1.65. The van der Waals surface area contributed by atoms with E-state index < -0.39 is 0 Å². The van der Waals surface area contributed by atoms with E-state index in [9.17, 15) is 0 Å². The van der Waals surface area contributed by atoms with Gasteiger partial charge in [0.2, 0.25) is 0 Å². The molecule has 0 aliphatic carbocycles. The van der Waals surface area contributed by atoms with Crippen LogP contribution in [0.5, 0.6) is 0 Å². The summed E-state index contributed by atoms with van der Waals surface area (Å²) in [5.41, 5.74) is 8.63. The van der Waals surface area contributed by atoms with Crippen LogP contribution in [0.4, 0.5) is 5.69 Å². The molecule has 0 aliphatic heterocycles. The van der Waals surface area contributed by atoms with Crippen molar-refractivity contribution in [2.45, 2.75) is 10.6 Å². The minimum Gasteiger partial charge on any atom is -0.398 e. The van der Waals surface area contributed by atoms with Crippen molar-refractivity contribution in [2.75, 3.05) is 5.73 Å². The lowest BCUT2D eigenvalue weighted by Crippen LogP contribution is -1.88. The molecule has 0 fully saturated rings. The van der Waals surface area contributed by atoms with Crippen molar-refractivity contribution >= 4 is 34.7 Å². The van der Waals surface area contributed by atoms with Gasteiger partial charge >= 0.3 is 0 Å². The Balaban J connectivity index is 1.80. The summed E-state index contributed by atoms with van der Waals surface area (Å²) in [6.45, 7) is 0. The number of anilines is 1. The Morgan fingerprint density at radius 3 is 2.84 bits per heavy atom. The van der Waals surface area contributed by atoms with Crippen molar-refractivity contribution in [3.63, 3.8) is 0 Å². The summed E-state index contributed by atoms with van der Waals surface area (Å²) in [6, 6.07) is 11.6. The van der Waals surface area contributed by atoms with Crippen molar-refractivity contribution in [1.29, 1.82) is 0 Å². The highest BCUT2D eigenvalue weighted by molar-refractivity contribution is 7.98. The van der Waals surface area contributed by atoms with Crippen molar-refractivity contribution in [3.05, 3.63) is 59.5 Å². The van der Waals surface area contributed by atoms with E-state index in [4.69, 9.17) is 17.3 Å². The van der Waals surface area contributed by atoms with Crippen molar-refractivity contribution in [3.8, 4) is 0 Å². The quantitative estimate of drug-likeness (QED) is 0.588. The van der Waals surface area contributed by atoms with E-state index in [1.807, 2.05) is 53.2 Å². The molecule has 1 aromatic carbocycles. The molecule has 2 aromatic heterocycles. The number of pyridine rings is 1. The molecule has 96 valence electrons. The van der Waals surface area contributed by atoms with E-state index in [1.54, 1.807) is 11.8 Å². The Bertz CT molecular complexity index is 724. The van der Waals surface area contributed by atoms with Gasteiger partial charge in [0.15, 0.2) is 0 Å². The molecule has 19 heavy (non-hydrogen) atoms. The Morgan fingerprint density at radius 1 is 1.16 bits per heavy atom. The van der Waals surface area contributed by atoms with Crippen LogP contribution in [0.25, 0.3) is 5.65 Å². The minimum atomic E-state index is 0.705. The van der Waals surface area contributed by atoms with E-state index in [1.165, 1.54) is 0 Å². The molecule has 0 radical (unpaired) electrons. The van der Waals surface area contributed by atoms with Crippen molar-refractivity contribution < 1.29 is 0 Å². The van der Waals surface area contributed by atoms with Gasteiger partial charge in [-0.15, -0.1) is 11.8 Å². The zero-order chi connectivity index (χ0) is 13.2. The Morgan fingerprint density at radius 2 is 2.00 bits per heavy atom. The third kappa shape index (κ3) is 2.69. The minimum absolute atomic E-state index is 0.705. The smallest absolute Gasteiger partial charge is 0.137 e. The second kappa shape index (κ2) is 5.15. The summed E-state index contributed by atoms with van der Waals surface area (Å²) in [5, 5.41) is 0.705. The molecule has 0 atom stereocenters. The first kappa shape index (κ1) is 12.4. The predicted octanol–water partition coefficient (Wildman–Crippen LogP) is 3.86. The van der Waals surface area contributed by atoms with Crippen molar-refractivity contribution in [2.24, 2.45) is 0 Å². The number of aromatic nitrogens is 2. The van der Waals surface area contributed by atoms with Gasteiger partial charge in [0.1, 0.15) is 5.65 Å². The van der Waals surface area contributed by atoms with Crippen LogP contribution in [0.3, 0.4) is 0 Å². The lowest BCUT2D eigenvalue weighted by molar-refractivity contribution is 1.18. The average molecular weight is 290 g/mol. The highest BCUT2D eigenvalue weighted by atomic mass is 35.5. The average Bonchev–Trinajstić information content (AvgIpc) is 2.79. The molecule has 2 heterocycles. The third-order valence-electron chi connectivity index (χ3n) is 2.76. The summed E-state index contributed by atoms with van der Waals surface area (Å²) >= 11 is 7.64. The molecular weight excluding hydrogens is 278 g/mol. The first-order chi connectivity index (χ1) is 9.22. The maximum atomic E-state index is 5.95. The maximum absolute atomic E-state index is 5.95. The molecule has 3 rings (SSSR count). The van der Waals surface area contributed by atoms with Gasteiger partial charge in [0.25, 0.3) is 0 Å². The number of hydrogen-bond donors (Lipinski definition) is 1. The zero-order valence-corrected chi connectivity index (χ0v) is 11.7. The molecule has 5 heteroatoms. The maximum Gasteiger partial charge on any atom is 0.137 e. The second-order valence-corrected chi connectivity index (χ2v) is 5.63. The van der Waals surface area contributed by atoms with Gasteiger partial charge in [0.05, 0.1) is 10.7 Å². The standard InChI is InChI=1S/C14H12ClN3S/c15-10-5-6-14-17-11(8-18(14)7-10)9-19-13-4-2-1-3-12(13)16/h1-8H,9,16H2. The number of imidazole rings is 1. The fraction of sp³-hybridized carbons (Fsp3) is 0.0714. The summed E-state index contributed by atoms with van der Waals surface area (Å²) in [4.78, 5) is 5.62. The third-order valence-corrected chi connectivity index (χ3v) is 4.11. The number of fused-ring (bicyclic) bond motifs is 1. The van der Waals surface area contributed by atoms with Gasteiger partial charge in [0, 0.05) is 28.7 Å². The molecule has 2 N–H and O–H groups in total. The molecular formula is C14H12ClN3S. The van der Waals surface area contributed by atoms with Crippen molar-refractivity contribution in [1.82, 2.24) is 9.38 Å². The Kier molecular flexibility index (Phi) is 3.36. The predicted molar refractivity (Wildman–Crippen MR) is 80.6 cm³/mol. The molecule has 0 aliphatic rings. The van der Waals surface area contributed by atoms with Crippen LogP contribution in [0, 0.1) is 0 Å². The van der Waals surface area contributed by atoms with E-state index in [0.717, 1.165) is 27.7 Å². The van der Waals surface area contributed by atoms with Gasteiger partial charge in [-0.2, -0.15) is 0 Å². The van der Waals surface area contributed by atoms with Crippen LogP contribution < -0.4 is 5.73 Å². The van der Waals surface area contributed by atoms with Crippen LogP contribution in [-0.4, -0.2) is 9.38 Å². The topological polar surface area (TPSA) is 43.3 Å². The monoisotopic (exact) mass is 289 g/mol. The number of hydrogen-bond acceptors (Lipinski definition) is 3. The number of para-hydroxylation sites is 1. The largest absolute Gasteiger partial charge is 0.398 e. The summed E-state index contributed by atoms with van der Waals surface area (Å²) < 4.78 is 1.94. The number of rotatable bonds is 3. The van der Waals surface area contributed by atoms with E-state index >= 15 is 0 Å². The highest BCUT2D eigenvalue weighted by Crippen LogP contribution is 2.27. The molecule has 0 spiro atoms. The molecule has 0 bridgehead atoms. The lowest BCUT2D eigenvalue weighted by atomic mass is 10.3. The molecule has 3 nitrogen and oxygen atoms in total. The number of nitrogen functional groups attached to an aromatic ring is 1. The van der Waals surface area contributed by atoms with Gasteiger partial charge < -0.3 is 10.1 Å². The first-order valence-corrected chi connectivity index (χ1v) is 7.19. The molecule has 0 unspecified atom stereocenters. The number of thioether (sulfide) groups is 1. The number of halogens is 1. The van der Waals surface area contributed by atoms with Gasteiger partial charge in [-0.05, 0) is 24.3 Å².